The van der Waals surface area contributed by atoms with Gasteiger partial charge in [0.05, 0.1) is 71.8 Å². The van der Waals surface area contributed by atoms with E-state index in [0.29, 0.717) is 76.2 Å². The molecule has 1 unspecified atom stereocenters. The highest BCUT2D eigenvalue weighted by Crippen LogP contribution is 2.30. The largest absolute Gasteiger partial charge is 1.00 e. The number of unbranched alkanes of at least 4 members (excludes halogenated alkanes) is 3. The molecular formula is C37H62BrN3O8. The number of hydrogen-bond donors (Lipinski definition) is 0. The molecule has 0 bridgehead atoms. The van der Waals surface area contributed by atoms with E-state index in [1.165, 1.54) is 19.3 Å². The maximum absolute atomic E-state index is 6.80. The summed E-state index contributed by atoms with van der Waals surface area (Å²) in [5.74, 6) is 1.52. The van der Waals surface area contributed by atoms with Gasteiger partial charge in [0, 0.05) is 27.8 Å². The van der Waals surface area contributed by atoms with Gasteiger partial charge >= 0.3 is 0 Å². The van der Waals surface area contributed by atoms with Crippen LogP contribution in [0.2, 0.25) is 0 Å². The summed E-state index contributed by atoms with van der Waals surface area (Å²) in [5, 5.41) is 9.00. The van der Waals surface area contributed by atoms with Gasteiger partial charge in [-0.3, -0.25) is 4.48 Å². The van der Waals surface area contributed by atoms with Crippen LogP contribution in [0, 0.1) is 0 Å². The predicted molar refractivity (Wildman–Crippen MR) is 189 cm³/mol. The molecule has 0 aliphatic rings. The molecule has 0 saturated heterocycles. The number of azo groups is 1. The van der Waals surface area contributed by atoms with Crippen molar-refractivity contribution in [2.45, 2.75) is 58.6 Å². The van der Waals surface area contributed by atoms with Crippen molar-refractivity contribution in [3.8, 4) is 11.5 Å². The third-order valence-electron chi connectivity index (χ3n) is 7.99. The van der Waals surface area contributed by atoms with Crippen LogP contribution in [-0.4, -0.2) is 118 Å². The van der Waals surface area contributed by atoms with E-state index < -0.39 is 0 Å². The van der Waals surface area contributed by atoms with E-state index in [4.69, 9.17) is 37.9 Å². The lowest BCUT2D eigenvalue weighted by molar-refractivity contribution is -0.969. The second-order valence-electron chi connectivity index (χ2n) is 11.6. The van der Waals surface area contributed by atoms with Crippen LogP contribution in [0.25, 0.3) is 0 Å². The second-order valence-corrected chi connectivity index (χ2v) is 11.6. The Hall–Kier alpha value is -2.16. The van der Waals surface area contributed by atoms with E-state index in [9.17, 15) is 0 Å². The fraction of sp³-hybridized carbons (Fsp3) is 0.676. The Morgan fingerprint density at radius 1 is 0.592 bits per heavy atom. The van der Waals surface area contributed by atoms with Gasteiger partial charge in [-0.25, -0.2) is 0 Å². The van der Waals surface area contributed by atoms with Gasteiger partial charge in [0.1, 0.15) is 36.8 Å². The van der Waals surface area contributed by atoms with Crippen molar-refractivity contribution in [2.75, 3.05) is 107 Å². The highest BCUT2D eigenvalue weighted by Gasteiger charge is 2.38. The highest BCUT2D eigenvalue weighted by molar-refractivity contribution is 5.51. The first kappa shape index (κ1) is 44.9. The Kier molecular flexibility index (Phi) is 27.1. The third kappa shape index (κ3) is 19.1. The van der Waals surface area contributed by atoms with Crippen molar-refractivity contribution in [3.05, 3.63) is 48.5 Å². The number of benzene rings is 2. The van der Waals surface area contributed by atoms with E-state index in [1.807, 2.05) is 48.5 Å². The normalized spacial score (nSPS) is 12.3. The average Bonchev–Trinajstić information content (AvgIpc) is 3.11. The zero-order valence-corrected chi connectivity index (χ0v) is 32.2. The van der Waals surface area contributed by atoms with Gasteiger partial charge in [0.15, 0.2) is 0 Å². The zero-order chi connectivity index (χ0) is 34.5. The Morgan fingerprint density at radius 2 is 1.16 bits per heavy atom. The Morgan fingerprint density at radius 3 is 1.69 bits per heavy atom. The molecule has 0 fully saturated rings. The zero-order valence-electron chi connectivity index (χ0n) is 30.6. The van der Waals surface area contributed by atoms with E-state index in [1.54, 1.807) is 21.3 Å². The molecule has 2 aromatic rings. The van der Waals surface area contributed by atoms with Crippen LogP contribution in [-0.2, 0) is 28.4 Å². The van der Waals surface area contributed by atoms with Gasteiger partial charge in [-0.1, -0.05) is 45.2 Å². The van der Waals surface area contributed by atoms with E-state index in [0.717, 1.165) is 56.1 Å². The quantitative estimate of drug-likeness (QED) is 0.0485. The molecule has 0 spiro atoms. The second kappa shape index (κ2) is 29.6. The monoisotopic (exact) mass is 755 g/mol. The number of hydrogen-bond acceptors (Lipinski definition) is 10. The Bertz CT molecular complexity index is 1040. The summed E-state index contributed by atoms with van der Waals surface area (Å²) in [6, 6.07) is 15.6. The van der Waals surface area contributed by atoms with Crippen LogP contribution >= 0.6 is 0 Å². The van der Waals surface area contributed by atoms with E-state index in [-0.39, 0.29) is 23.2 Å². The molecule has 11 nitrogen and oxygen atoms in total. The summed E-state index contributed by atoms with van der Waals surface area (Å²) < 4.78 is 46.9. The number of halogens is 1. The predicted octanol–water partition coefficient (Wildman–Crippen LogP) is 4.38. The standard InChI is InChI=1S/C37H62N3O8.BrH/c1-6-8-9-12-23-47-36-15-11-10-14-35(36)39-38-33-16-18-34(19-17-33)48-37(13-7-2)40(20-24-44-30-27-41-3,21-25-45-31-28-42-4)22-26-46-32-29-43-5;/h10-11,14-19,37H,6-9,12-13,20-32H2,1-5H3;1H/q+1;/p-1. The van der Waals surface area contributed by atoms with Crippen molar-refractivity contribution >= 4 is 11.4 Å². The first-order chi connectivity index (χ1) is 23.6. The molecule has 0 aliphatic carbocycles. The minimum absolute atomic E-state index is 0. The lowest BCUT2D eigenvalue weighted by Crippen LogP contribution is -3.00. The maximum atomic E-state index is 6.80. The summed E-state index contributed by atoms with van der Waals surface area (Å²) in [4.78, 5) is 0. The molecule has 0 aliphatic heterocycles. The minimum Gasteiger partial charge on any atom is -1.00 e. The first-order valence-corrected chi connectivity index (χ1v) is 17.6. The molecular weight excluding hydrogens is 694 g/mol. The molecule has 0 heterocycles. The van der Waals surface area contributed by atoms with Crippen molar-refractivity contribution < 1.29 is 59.4 Å². The molecule has 0 radical (unpaired) electrons. The van der Waals surface area contributed by atoms with Gasteiger partial charge < -0.3 is 54.9 Å². The van der Waals surface area contributed by atoms with Gasteiger partial charge in [-0.2, -0.15) is 5.11 Å². The number of quaternary nitrogens is 1. The molecule has 0 amide bonds. The van der Waals surface area contributed by atoms with Gasteiger partial charge in [0.25, 0.3) is 0 Å². The molecule has 1 atom stereocenters. The van der Waals surface area contributed by atoms with E-state index >= 15 is 0 Å². The smallest absolute Gasteiger partial charge is 0.233 e. The molecule has 280 valence electrons. The average molecular weight is 757 g/mol. The number of rotatable bonds is 31. The molecule has 2 aromatic carbocycles. The molecule has 0 saturated carbocycles. The van der Waals surface area contributed by atoms with Gasteiger partial charge in [-0.05, 0) is 49.2 Å². The molecule has 0 aromatic heterocycles. The molecule has 49 heavy (non-hydrogen) atoms. The Labute approximate surface area is 305 Å². The number of methoxy groups -OCH3 is 3. The lowest BCUT2D eigenvalue weighted by atomic mass is 10.2. The summed E-state index contributed by atoms with van der Waals surface area (Å²) in [5.41, 5.74) is 1.45. The van der Waals surface area contributed by atoms with Crippen LogP contribution in [0.15, 0.2) is 58.8 Å². The molecule has 12 heteroatoms. The van der Waals surface area contributed by atoms with Gasteiger partial charge in [0.2, 0.25) is 6.23 Å². The van der Waals surface area contributed by atoms with Crippen LogP contribution in [0.4, 0.5) is 11.4 Å². The van der Waals surface area contributed by atoms with Crippen LogP contribution in [0.3, 0.4) is 0 Å². The SMILES string of the molecule is CCCCCCOc1ccccc1N=Nc1ccc(OC(CCC)[N+](CCOCCOC)(CCOCCOC)CCOCCOC)cc1.[Br-]. The van der Waals surface area contributed by atoms with Crippen LogP contribution in [0.5, 0.6) is 11.5 Å². The van der Waals surface area contributed by atoms with Crippen molar-refractivity contribution in [3.63, 3.8) is 0 Å². The van der Waals surface area contributed by atoms with Crippen molar-refractivity contribution in [2.24, 2.45) is 10.2 Å². The summed E-state index contributed by atoms with van der Waals surface area (Å²) >= 11 is 0. The Balaban J connectivity index is 0.0000120. The van der Waals surface area contributed by atoms with E-state index in [2.05, 4.69) is 24.1 Å². The van der Waals surface area contributed by atoms with Crippen LogP contribution in [0.1, 0.15) is 52.4 Å². The fourth-order valence-electron chi connectivity index (χ4n) is 5.16. The minimum atomic E-state index is -0.146. The lowest BCUT2D eigenvalue weighted by Gasteiger charge is -2.44. The number of ether oxygens (including phenoxy) is 8. The third-order valence-corrected chi connectivity index (χ3v) is 7.99. The van der Waals surface area contributed by atoms with Crippen molar-refractivity contribution in [1.82, 2.24) is 0 Å². The molecule has 0 N–H and O–H groups in total. The van der Waals surface area contributed by atoms with Crippen LogP contribution < -0.4 is 26.5 Å². The topological polar surface area (TPSA) is 98.6 Å². The summed E-state index contributed by atoms with van der Waals surface area (Å²) in [6.07, 6.45) is 6.28. The molecule has 2 rings (SSSR count). The van der Waals surface area contributed by atoms with Crippen molar-refractivity contribution in [1.29, 1.82) is 0 Å². The summed E-state index contributed by atoms with van der Waals surface area (Å²) in [7, 11) is 5.04. The highest BCUT2D eigenvalue weighted by atomic mass is 79.9. The number of nitrogens with zero attached hydrogens (tertiary/aromatic N) is 3. The first-order valence-electron chi connectivity index (χ1n) is 17.6. The summed E-state index contributed by atoms with van der Waals surface area (Å²) in [6.45, 7) is 12.2. The maximum Gasteiger partial charge on any atom is 0.233 e. The fourth-order valence-corrected chi connectivity index (χ4v) is 5.16. The number of para-hydroxylation sites is 1. The van der Waals surface area contributed by atoms with Gasteiger partial charge in [-0.15, -0.1) is 5.11 Å².